The van der Waals surface area contributed by atoms with Crippen LogP contribution in [0, 0.1) is 6.20 Å². The number of halogens is 2. The molecule has 0 unspecified atom stereocenters. The number of hydrogen-bond donors (Lipinski definition) is 1. The molecule has 0 aliphatic carbocycles. The van der Waals surface area contributed by atoms with Crippen molar-refractivity contribution < 1.29 is 0 Å². The second-order valence-corrected chi connectivity index (χ2v) is 3.87. The standard InChI is InChI=1S/C8H4Br2N/c9-5-2-1-3-7-8(5)6(10)4-11-7/h1-3,11H. The Bertz CT molecular complexity index is 392. The summed E-state index contributed by atoms with van der Waals surface area (Å²) >= 11 is 6.86. The Hall–Kier alpha value is -0.280. The van der Waals surface area contributed by atoms with Crippen LogP contribution in [-0.4, -0.2) is 4.98 Å². The quantitative estimate of drug-likeness (QED) is 0.756. The first-order valence-corrected chi connectivity index (χ1v) is 4.71. The Morgan fingerprint density at radius 2 is 2.09 bits per heavy atom. The molecule has 0 aliphatic rings. The molecule has 1 N–H and O–H groups in total. The van der Waals surface area contributed by atoms with Crippen molar-refractivity contribution in [2.75, 3.05) is 0 Å². The fraction of sp³-hybridized carbons (Fsp3) is 0. The predicted octanol–water partition coefficient (Wildman–Crippen LogP) is 3.49. The molecule has 0 atom stereocenters. The van der Waals surface area contributed by atoms with E-state index in [0.717, 1.165) is 19.8 Å². The molecular weight excluding hydrogens is 270 g/mol. The van der Waals surface area contributed by atoms with Crippen LogP contribution in [0.15, 0.2) is 27.1 Å². The summed E-state index contributed by atoms with van der Waals surface area (Å²) in [5, 5.41) is 1.15. The SMILES string of the molecule is Brc1[c][nH]c2cccc(Br)c12. The van der Waals surface area contributed by atoms with Crippen LogP contribution in [0.2, 0.25) is 0 Å². The molecule has 1 aromatic heterocycles. The van der Waals surface area contributed by atoms with Gasteiger partial charge in [0.15, 0.2) is 0 Å². The van der Waals surface area contributed by atoms with E-state index in [4.69, 9.17) is 0 Å². The lowest BCUT2D eigenvalue weighted by molar-refractivity contribution is 1.45. The van der Waals surface area contributed by atoms with E-state index in [0.29, 0.717) is 0 Å². The molecule has 0 amide bonds. The maximum Gasteiger partial charge on any atom is 0.0787 e. The van der Waals surface area contributed by atoms with E-state index >= 15 is 0 Å². The zero-order valence-corrected chi connectivity index (χ0v) is 8.66. The molecule has 1 heterocycles. The first kappa shape index (κ1) is 7.37. The zero-order chi connectivity index (χ0) is 7.84. The minimum Gasteiger partial charge on any atom is -0.352 e. The molecule has 0 fully saturated rings. The molecule has 55 valence electrons. The summed E-state index contributed by atoms with van der Waals surface area (Å²) in [6.45, 7) is 0. The smallest absolute Gasteiger partial charge is 0.0787 e. The van der Waals surface area contributed by atoms with Gasteiger partial charge in [-0.3, -0.25) is 0 Å². The summed E-state index contributed by atoms with van der Waals surface area (Å²) in [7, 11) is 0. The molecule has 0 spiro atoms. The van der Waals surface area contributed by atoms with Crippen LogP contribution in [-0.2, 0) is 0 Å². The fourth-order valence-electron chi connectivity index (χ4n) is 1.04. The van der Waals surface area contributed by atoms with Gasteiger partial charge in [-0.15, -0.1) is 0 Å². The summed E-state index contributed by atoms with van der Waals surface area (Å²) in [4.78, 5) is 3.03. The third-order valence-electron chi connectivity index (χ3n) is 1.54. The molecule has 0 saturated heterocycles. The van der Waals surface area contributed by atoms with Gasteiger partial charge in [0, 0.05) is 15.4 Å². The van der Waals surface area contributed by atoms with Crippen LogP contribution in [0.25, 0.3) is 10.9 Å². The number of aromatic amines is 1. The molecule has 1 nitrogen and oxygen atoms in total. The highest BCUT2D eigenvalue weighted by Crippen LogP contribution is 2.29. The Balaban J connectivity index is 2.96. The summed E-state index contributed by atoms with van der Waals surface area (Å²) in [5.74, 6) is 0. The summed E-state index contributed by atoms with van der Waals surface area (Å²) in [6.07, 6.45) is 2.98. The molecule has 0 bridgehead atoms. The van der Waals surface area contributed by atoms with Gasteiger partial charge in [-0.25, -0.2) is 0 Å². The number of benzene rings is 1. The van der Waals surface area contributed by atoms with Crippen molar-refractivity contribution in [1.82, 2.24) is 4.98 Å². The van der Waals surface area contributed by atoms with Crippen LogP contribution >= 0.6 is 31.9 Å². The first-order valence-electron chi connectivity index (χ1n) is 3.12. The van der Waals surface area contributed by atoms with E-state index in [-0.39, 0.29) is 0 Å². The molecule has 1 aromatic carbocycles. The molecule has 0 aliphatic heterocycles. The number of aromatic nitrogens is 1. The van der Waals surface area contributed by atoms with Crippen molar-refractivity contribution in [3.05, 3.63) is 33.3 Å². The number of fused-ring (bicyclic) bond motifs is 1. The summed E-state index contributed by atoms with van der Waals surface area (Å²) in [5.41, 5.74) is 1.09. The van der Waals surface area contributed by atoms with E-state index in [1.165, 1.54) is 0 Å². The van der Waals surface area contributed by atoms with Gasteiger partial charge < -0.3 is 4.98 Å². The van der Waals surface area contributed by atoms with Crippen molar-refractivity contribution in [2.24, 2.45) is 0 Å². The van der Waals surface area contributed by atoms with Crippen molar-refractivity contribution in [3.63, 3.8) is 0 Å². The lowest BCUT2D eigenvalue weighted by Crippen LogP contribution is -1.68. The third-order valence-corrected chi connectivity index (χ3v) is 2.80. The van der Waals surface area contributed by atoms with E-state index in [1.807, 2.05) is 18.2 Å². The average molecular weight is 274 g/mol. The van der Waals surface area contributed by atoms with Crippen LogP contribution < -0.4 is 0 Å². The van der Waals surface area contributed by atoms with Gasteiger partial charge in [-0.05, 0) is 28.1 Å². The Morgan fingerprint density at radius 1 is 1.27 bits per heavy atom. The van der Waals surface area contributed by atoms with E-state index < -0.39 is 0 Å². The van der Waals surface area contributed by atoms with Crippen LogP contribution in [0.3, 0.4) is 0 Å². The fourth-order valence-corrected chi connectivity index (χ4v) is 2.39. The largest absolute Gasteiger partial charge is 0.352 e. The average Bonchev–Trinajstić information content (AvgIpc) is 2.34. The van der Waals surface area contributed by atoms with Gasteiger partial charge in [-0.2, -0.15) is 0 Å². The highest BCUT2D eigenvalue weighted by Gasteiger charge is 2.03. The molecule has 2 rings (SSSR count). The topological polar surface area (TPSA) is 15.8 Å². The Labute approximate surface area is 81.1 Å². The van der Waals surface area contributed by atoms with E-state index in [9.17, 15) is 0 Å². The van der Waals surface area contributed by atoms with Crippen molar-refractivity contribution in [2.45, 2.75) is 0 Å². The highest BCUT2D eigenvalue weighted by atomic mass is 79.9. The molecule has 3 heteroatoms. The van der Waals surface area contributed by atoms with Gasteiger partial charge in [0.2, 0.25) is 0 Å². The zero-order valence-electron chi connectivity index (χ0n) is 5.49. The third kappa shape index (κ3) is 1.12. The van der Waals surface area contributed by atoms with Crippen molar-refractivity contribution in [3.8, 4) is 0 Å². The highest BCUT2D eigenvalue weighted by molar-refractivity contribution is 9.11. The molecular formula is C8H4Br2N. The Morgan fingerprint density at radius 3 is 2.82 bits per heavy atom. The van der Waals surface area contributed by atoms with E-state index in [1.54, 1.807) is 0 Å². The Kier molecular flexibility index (Phi) is 1.77. The first-order chi connectivity index (χ1) is 5.29. The van der Waals surface area contributed by atoms with Crippen LogP contribution in [0.4, 0.5) is 0 Å². The van der Waals surface area contributed by atoms with Gasteiger partial charge in [-0.1, -0.05) is 22.0 Å². The van der Waals surface area contributed by atoms with Crippen LogP contribution in [0.1, 0.15) is 0 Å². The minimum absolute atomic E-state index is 0.972. The van der Waals surface area contributed by atoms with Gasteiger partial charge >= 0.3 is 0 Å². The van der Waals surface area contributed by atoms with Crippen LogP contribution in [0.5, 0.6) is 0 Å². The molecule has 11 heavy (non-hydrogen) atoms. The second kappa shape index (κ2) is 2.64. The van der Waals surface area contributed by atoms with E-state index in [2.05, 4.69) is 43.0 Å². The molecule has 2 aromatic rings. The second-order valence-electron chi connectivity index (χ2n) is 2.23. The maximum atomic E-state index is 3.46. The van der Waals surface area contributed by atoms with Crippen molar-refractivity contribution >= 4 is 42.8 Å². The summed E-state index contributed by atoms with van der Waals surface area (Å²) < 4.78 is 2.05. The van der Waals surface area contributed by atoms with Gasteiger partial charge in [0.05, 0.1) is 10.7 Å². The monoisotopic (exact) mass is 272 g/mol. The van der Waals surface area contributed by atoms with Gasteiger partial charge in [0.25, 0.3) is 0 Å². The van der Waals surface area contributed by atoms with Crippen molar-refractivity contribution in [1.29, 1.82) is 0 Å². The lowest BCUT2D eigenvalue weighted by atomic mass is 10.3. The van der Waals surface area contributed by atoms with Gasteiger partial charge in [0.1, 0.15) is 0 Å². The lowest BCUT2D eigenvalue weighted by Gasteiger charge is -1.92. The summed E-state index contributed by atoms with van der Waals surface area (Å²) in [6, 6.07) is 6.01. The number of hydrogen-bond acceptors (Lipinski definition) is 0. The maximum absolute atomic E-state index is 3.46. The number of nitrogens with one attached hydrogen (secondary N) is 1. The predicted molar refractivity (Wildman–Crippen MR) is 52.5 cm³/mol. The normalized spacial score (nSPS) is 10.7. The number of H-pyrrole nitrogens is 1. The molecule has 1 radical (unpaired) electrons. The minimum atomic E-state index is 0.972. The molecule has 0 saturated carbocycles. The number of rotatable bonds is 0.